The maximum atomic E-state index is 10.8. The molecule has 1 fully saturated rings. The fraction of sp³-hybridized carbons (Fsp3) is 0.682. The van der Waals surface area contributed by atoms with Gasteiger partial charge >= 0.3 is 0 Å². The molecule has 9 heteroatoms. The molecule has 1 aromatic carbocycles. The second kappa shape index (κ2) is 12.6. The number of morpholine rings is 1. The van der Waals surface area contributed by atoms with Gasteiger partial charge in [0.15, 0.2) is 5.96 Å². The van der Waals surface area contributed by atoms with Gasteiger partial charge in [0.05, 0.1) is 46.7 Å². The fourth-order valence-corrected chi connectivity index (χ4v) is 3.51. The van der Waals surface area contributed by atoms with E-state index in [1.54, 1.807) is 21.3 Å². The maximum Gasteiger partial charge on any atom is 0.191 e. The molecule has 0 amide bonds. The van der Waals surface area contributed by atoms with E-state index >= 15 is 0 Å². The van der Waals surface area contributed by atoms with Crippen LogP contribution in [0.2, 0.25) is 0 Å². The van der Waals surface area contributed by atoms with Gasteiger partial charge in [0.2, 0.25) is 0 Å². The highest BCUT2D eigenvalue weighted by Crippen LogP contribution is 2.34. The van der Waals surface area contributed by atoms with Gasteiger partial charge in [-0.25, -0.2) is 0 Å². The number of nitrogens with zero attached hydrogens (tertiary/aromatic N) is 2. The average molecular weight is 439 g/mol. The number of guanidine groups is 1. The third kappa shape index (κ3) is 8.08. The Morgan fingerprint density at radius 2 is 1.77 bits per heavy atom. The lowest BCUT2D eigenvalue weighted by atomic mass is 10.1. The van der Waals surface area contributed by atoms with E-state index in [2.05, 4.69) is 20.5 Å². The normalized spacial score (nSPS) is 17.0. The van der Waals surface area contributed by atoms with Gasteiger partial charge in [0.25, 0.3) is 0 Å². The lowest BCUT2D eigenvalue weighted by molar-refractivity contribution is -0.0179. The van der Waals surface area contributed by atoms with Crippen molar-refractivity contribution in [2.24, 2.45) is 4.99 Å². The Labute approximate surface area is 185 Å². The number of β-amino-alcohol motifs (C(OH)–C–C–N with tert-alkyl or cyclic N) is 1. The van der Waals surface area contributed by atoms with E-state index in [4.69, 9.17) is 18.9 Å². The molecule has 31 heavy (non-hydrogen) atoms. The standard InChI is InChI=1S/C22H38N4O5/c1-6-23-21(25-15-22(2,27)16-26-9-11-31-12-10-26)24-8-7-18-19(29-4)13-17(28-3)14-20(18)30-5/h13-14,27H,6-12,15-16H2,1-5H3,(H2,23,24,25). The predicted molar refractivity (Wildman–Crippen MR) is 122 cm³/mol. The molecule has 9 nitrogen and oxygen atoms in total. The summed E-state index contributed by atoms with van der Waals surface area (Å²) < 4.78 is 21.7. The molecular formula is C22H38N4O5. The predicted octanol–water partition coefficient (Wildman–Crippen LogP) is 0.893. The Morgan fingerprint density at radius 1 is 1.13 bits per heavy atom. The number of ether oxygens (including phenoxy) is 4. The van der Waals surface area contributed by atoms with Crippen LogP contribution in [0.15, 0.2) is 17.1 Å². The third-order valence-electron chi connectivity index (χ3n) is 5.07. The Morgan fingerprint density at radius 3 is 2.32 bits per heavy atom. The molecule has 1 saturated heterocycles. The summed E-state index contributed by atoms with van der Waals surface area (Å²) in [6.07, 6.45) is 0.672. The van der Waals surface area contributed by atoms with Crippen LogP contribution in [0, 0.1) is 0 Å². The topological polar surface area (TPSA) is 96.8 Å². The molecule has 1 unspecified atom stereocenters. The van der Waals surface area contributed by atoms with Gasteiger partial charge in [-0.05, 0) is 20.3 Å². The van der Waals surface area contributed by atoms with Crippen LogP contribution in [-0.4, -0.2) is 95.4 Å². The van der Waals surface area contributed by atoms with E-state index in [1.165, 1.54) is 0 Å². The summed E-state index contributed by atoms with van der Waals surface area (Å²) in [5.74, 6) is 2.78. The van der Waals surface area contributed by atoms with Gasteiger partial charge in [-0.15, -0.1) is 0 Å². The van der Waals surface area contributed by atoms with E-state index in [0.29, 0.717) is 62.5 Å². The summed E-state index contributed by atoms with van der Waals surface area (Å²) in [6, 6.07) is 3.69. The minimum atomic E-state index is -0.915. The van der Waals surface area contributed by atoms with Crippen molar-refractivity contribution in [3.05, 3.63) is 17.7 Å². The van der Waals surface area contributed by atoms with Crippen molar-refractivity contribution in [2.45, 2.75) is 25.9 Å². The molecule has 1 aromatic rings. The van der Waals surface area contributed by atoms with Crippen molar-refractivity contribution < 1.29 is 24.1 Å². The molecule has 0 bridgehead atoms. The molecule has 0 aromatic heterocycles. The molecule has 1 atom stereocenters. The van der Waals surface area contributed by atoms with E-state index in [9.17, 15) is 5.11 Å². The van der Waals surface area contributed by atoms with E-state index in [1.807, 2.05) is 26.0 Å². The van der Waals surface area contributed by atoms with Crippen molar-refractivity contribution in [1.82, 2.24) is 15.5 Å². The van der Waals surface area contributed by atoms with Crippen molar-refractivity contribution in [3.8, 4) is 17.2 Å². The number of aliphatic hydroxyl groups is 1. The number of methoxy groups -OCH3 is 3. The van der Waals surface area contributed by atoms with Gasteiger partial charge in [-0.3, -0.25) is 9.89 Å². The molecule has 2 rings (SSSR count). The molecule has 1 heterocycles. The molecule has 0 spiro atoms. The monoisotopic (exact) mass is 438 g/mol. The van der Waals surface area contributed by atoms with Crippen LogP contribution in [0.25, 0.3) is 0 Å². The van der Waals surface area contributed by atoms with Crippen molar-refractivity contribution in [1.29, 1.82) is 0 Å². The Balaban J connectivity index is 1.97. The van der Waals surface area contributed by atoms with Crippen LogP contribution in [0.3, 0.4) is 0 Å². The summed E-state index contributed by atoms with van der Waals surface area (Å²) in [4.78, 5) is 6.81. The number of aliphatic imine (C=N–C) groups is 1. The van der Waals surface area contributed by atoms with E-state index in [-0.39, 0.29) is 0 Å². The van der Waals surface area contributed by atoms with Crippen molar-refractivity contribution >= 4 is 5.96 Å². The largest absolute Gasteiger partial charge is 0.496 e. The first-order valence-corrected chi connectivity index (χ1v) is 10.8. The SMILES string of the molecule is CCNC(=NCC(C)(O)CN1CCOCC1)NCCc1c(OC)cc(OC)cc1OC. The molecular weight excluding hydrogens is 400 g/mol. The molecule has 0 aliphatic carbocycles. The lowest BCUT2D eigenvalue weighted by Crippen LogP contribution is -2.48. The van der Waals surface area contributed by atoms with Crippen LogP contribution in [0.4, 0.5) is 0 Å². The van der Waals surface area contributed by atoms with Gasteiger partial charge in [-0.2, -0.15) is 0 Å². The van der Waals surface area contributed by atoms with Crippen LogP contribution in [0.1, 0.15) is 19.4 Å². The molecule has 0 radical (unpaired) electrons. The molecule has 1 aliphatic heterocycles. The molecule has 1 aliphatic rings. The molecule has 3 N–H and O–H groups in total. The third-order valence-corrected chi connectivity index (χ3v) is 5.07. The van der Waals surface area contributed by atoms with Gasteiger partial charge < -0.3 is 34.7 Å². The highest BCUT2D eigenvalue weighted by atomic mass is 16.5. The first-order valence-electron chi connectivity index (χ1n) is 10.8. The second-order valence-electron chi connectivity index (χ2n) is 7.77. The summed E-state index contributed by atoms with van der Waals surface area (Å²) in [7, 11) is 4.88. The van der Waals surface area contributed by atoms with Gasteiger partial charge in [-0.1, -0.05) is 0 Å². The summed E-state index contributed by atoms with van der Waals surface area (Å²) in [6.45, 7) is 9.15. The van der Waals surface area contributed by atoms with Gasteiger partial charge in [0, 0.05) is 50.4 Å². The molecule has 176 valence electrons. The average Bonchev–Trinajstić information content (AvgIpc) is 2.77. The number of nitrogens with one attached hydrogen (secondary N) is 2. The molecule has 0 saturated carbocycles. The highest BCUT2D eigenvalue weighted by molar-refractivity contribution is 5.79. The number of hydrogen-bond donors (Lipinski definition) is 3. The maximum absolute atomic E-state index is 10.8. The van der Waals surface area contributed by atoms with Crippen molar-refractivity contribution in [2.75, 3.05) is 73.8 Å². The van der Waals surface area contributed by atoms with E-state index in [0.717, 1.165) is 25.2 Å². The second-order valence-corrected chi connectivity index (χ2v) is 7.77. The lowest BCUT2D eigenvalue weighted by Gasteiger charge is -2.33. The zero-order valence-corrected chi connectivity index (χ0v) is 19.5. The summed E-state index contributed by atoms with van der Waals surface area (Å²) in [5, 5.41) is 17.3. The quantitative estimate of drug-likeness (QED) is 0.346. The van der Waals surface area contributed by atoms with Gasteiger partial charge in [0.1, 0.15) is 17.2 Å². The Kier molecular flexibility index (Phi) is 10.2. The van der Waals surface area contributed by atoms with Crippen LogP contribution in [-0.2, 0) is 11.2 Å². The fourth-order valence-electron chi connectivity index (χ4n) is 3.51. The minimum Gasteiger partial charge on any atom is -0.496 e. The summed E-state index contributed by atoms with van der Waals surface area (Å²) >= 11 is 0. The Bertz CT molecular complexity index is 680. The zero-order valence-electron chi connectivity index (χ0n) is 19.5. The number of benzene rings is 1. The van der Waals surface area contributed by atoms with Crippen LogP contribution < -0.4 is 24.8 Å². The van der Waals surface area contributed by atoms with Crippen LogP contribution >= 0.6 is 0 Å². The van der Waals surface area contributed by atoms with Crippen molar-refractivity contribution in [3.63, 3.8) is 0 Å². The zero-order chi connectivity index (χ0) is 22.7. The highest BCUT2D eigenvalue weighted by Gasteiger charge is 2.25. The number of rotatable bonds is 11. The van der Waals surface area contributed by atoms with E-state index < -0.39 is 5.60 Å². The number of hydrogen-bond acceptors (Lipinski definition) is 7. The first-order chi connectivity index (χ1) is 14.9. The smallest absolute Gasteiger partial charge is 0.191 e. The Hall–Kier alpha value is -2.23. The first kappa shape index (κ1) is 25.0. The minimum absolute atomic E-state index is 0.300. The summed E-state index contributed by atoms with van der Waals surface area (Å²) in [5.41, 5.74) is 0.0377. The van der Waals surface area contributed by atoms with Crippen LogP contribution in [0.5, 0.6) is 17.2 Å².